The van der Waals surface area contributed by atoms with Crippen LogP contribution >= 0.6 is 0 Å². The van der Waals surface area contributed by atoms with Crippen molar-refractivity contribution < 1.29 is 4.79 Å². The maximum Gasteiger partial charge on any atom is 0.223 e. The number of nitrogens with zero attached hydrogens (tertiary/aromatic N) is 3. The van der Waals surface area contributed by atoms with Gasteiger partial charge in [-0.1, -0.05) is 18.2 Å². The lowest BCUT2D eigenvalue weighted by atomic mass is 10.2. The lowest BCUT2D eigenvalue weighted by Gasteiger charge is -2.29. The van der Waals surface area contributed by atoms with Crippen molar-refractivity contribution in [2.24, 2.45) is 0 Å². The van der Waals surface area contributed by atoms with Crippen LogP contribution in [-0.2, 0) is 17.9 Å². The molecule has 0 N–H and O–H groups in total. The van der Waals surface area contributed by atoms with E-state index >= 15 is 0 Å². The molecule has 0 aliphatic carbocycles. The summed E-state index contributed by atoms with van der Waals surface area (Å²) in [7, 11) is 4.09. The van der Waals surface area contributed by atoms with Crippen molar-refractivity contribution in [2.75, 3.05) is 27.2 Å². The first kappa shape index (κ1) is 14.1. The van der Waals surface area contributed by atoms with E-state index in [0.717, 1.165) is 32.6 Å². The van der Waals surface area contributed by atoms with Crippen molar-refractivity contribution in [3.8, 4) is 0 Å². The summed E-state index contributed by atoms with van der Waals surface area (Å²) in [5.41, 5.74) is 2.54. The number of para-hydroxylation sites is 1. The summed E-state index contributed by atoms with van der Waals surface area (Å²) >= 11 is 0. The predicted octanol–water partition coefficient (Wildman–Crippen LogP) is 2.33. The largest absolute Gasteiger partial charge is 0.341 e. The van der Waals surface area contributed by atoms with E-state index in [1.165, 1.54) is 16.6 Å². The Morgan fingerprint density at radius 3 is 2.86 bits per heavy atom. The third-order valence-electron chi connectivity index (χ3n) is 4.19. The second-order valence-corrected chi connectivity index (χ2v) is 6.07. The smallest absolute Gasteiger partial charge is 0.223 e. The first-order chi connectivity index (χ1) is 10.1. The van der Waals surface area contributed by atoms with Crippen LogP contribution in [0, 0.1) is 0 Å². The maximum atomic E-state index is 12.3. The SMILES string of the molecule is CN(C)CCCC(=O)N1CCn2c(cc3ccccc32)C1. The third-order valence-corrected chi connectivity index (χ3v) is 4.19. The van der Waals surface area contributed by atoms with Crippen molar-refractivity contribution in [3.05, 3.63) is 36.0 Å². The Kier molecular flexibility index (Phi) is 3.97. The molecule has 0 radical (unpaired) electrons. The zero-order valence-corrected chi connectivity index (χ0v) is 12.9. The lowest BCUT2D eigenvalue weighted by molar-refractivity contribution is -0.132. The van der Waals surface area contributed by atoms with Gasteiger partial charge in [-0.2, -0.15) is 0 Å². The molecule has 2 heterocycles. The molecule has 0 unspecified atom stereocenters. The number of carbonyl (C=O) groups excluding carboxylic acids is 1. The number of rotatable bonds is 4. The molecule has 1 amide bonds. The number of amides is 1. The number of hydrogen-bond donors (Lipinski definition) is 0. The molecule has 0 saturated heterocycles. The second kappa shape index (κ2) is 5.90. The fourth-order valence-electron chi connectivity index (χ4n) is 3.08. The first-order valence-corrected chi connectivity index (χ1v) is 7.65. The van der Waals surface area contributed by atoms with E-state index in [0.29, 0.717) is 6.42 Å². The van der Waals surface area contributed by atoms with Gasteiger partial charge in [-0.05, 0) is 44.6 Å². The van der Waals surface area contributed by atoms with Gasteiger partial charge in [-0.15, -0.1) is 0 Å². The van der Waals surface area contributed by atoms with Crippen LogP contribution in [0.25, 0.3) is 10.9 Å². The fraction of sp³-hybridized carbons (Fsp3) is 0.471. The van der Waals surface area contributed by atoms with Crippen LogP contribution in [0.15, 0.2) is 30.3 Å². The normalized spacial score (nSPS) is 14.7. The van der Waals surface area contributed by atoms with Gasteiger partial charge in [-0.3, -0.25) is 4.79 Å². The first-order valence-electron chi connectivity index (χ1n) is 7.65. The van der Waals surface area contributed by atoms with E-state index < -0.39 is 0 Å². The number of hydrogen-bond acceptors (Lipinski definition) is 2. The van der Waals surface area contributed by atoms with Gasteiger partial charge < -0.3 is 14.4 Å². The van der Waals surface area contributed by atoms with Crippen LogP contribution < -0.4 is 0 Å². The molecule has 112 valence electrons. The van der Waals surface area contributed by atoms with Crippen molar-refractivity contribution in [1.82, 2.24) is 14.4 Å². The van der Waals surface area contributed by atoms with Crippen LogP contribution in [0.1, 0.15) is 18.5 Å². The Balaban J connectivity index is 1.68. The Morgan fingerprint density at radius 2 is 2.05 bits per heavy atom. The van der Waals surface area contributed by atoms with E-state index in [4.69, 9.17) is 0 Å². The van der Waals surface area contributed by atoms with Crippen LogP contribution in [-0.4, -0.2) is 47.5 Å². The van der Waals surface area contributed by atoms with E-state index in [2.05, 4.69) is 39.8 Å². The monoisotopic (exact) mass is 285 g/mol. The molecule has 1 aliphatic rings. The molecule has 3 rings (SSSR count). The van der Waals surface area contributed by atoms with Gasteiger partial charge in [0.15, 0.2) is 0 Å². The van der Waals surface area contributed by atoms with E-state index in [-0.39, 0.29) is 5.91 Å². The van der Waals surface area contributed by atoms with Crippen LogP contribution in [0.3, 0.4) is 0 Å². The second-order valence-electron chi connectivity index (χ2n) is 6.07. The van der Waals surface area contributed by atoms with E-state index in [1.54, 1.807) is 0 Å². The van der Waals surface area contributed by atoms with Gasteiger partial charge in [-0.25, -0.2) is 0 Å². The van der Waals surface area contributed by atoms with Crippen molar-refractivity contribution in [3.63, 3.8) is 0 Å². The topological polar surface area (TPSA) is 28.5 Å². The predicted molar refractivity (Wildman–Crippen MR) is 85.1 cm³/mol. The minimum atomic E-state index is 0.286. The molecule has 0 atom stereocenters. The van der Waals surface area contributed by atoms with Gasteiger partial charge in [0.05, 0.1) is 6.54 Å². The summed E-state index contributed by atoms with van der Waals surface area (Å²) in [4.78, 5) is 16.4. The van der Waals surface area contributed by atoms with Crippen LogP contribution in [0.4, 0.5) is 0 Å². The van der Waals surface area contributed by atoms with Gasteiger partial charge >= 0.3 is 0 Å². The molecule has 2 aromatic rings. The molecular formula is C17H23N3O. The summed E-state index contributed by atoms with van der Waals surface area (Å²) in [5.74, 6) is 0.286. The summed E-state index contributed by atoms with van der Waals surface area (Å²) in [5, 5.41) is 1.27. The van der Waals surface area contributed by atoms with Gasteiger partial charge in [0.1, 0.15) is 0 Å². The van der Waals surface area contributed by atoms with Crippen LogP contribution in [0.2, 0.25) is 0 Å². The van der Waals surface area contributed by atoms with Crippen molar-refractivity contribution >= 4 is 16.8 Å². The molecule has 21 heavy (non-hydrogen) atoms. The summed E-state index contributed by atoms with van der Waals surface area (Å²) in [6.45, 7) is 3.45. The molecule has 4 heteroatoms. The summed E-state index contributed by atoms with van der Waals surface area (Å²) < 4.78 is 2.35. The highest BCUT2D eigenvalue weighted by molar-refractivity contribution is 5.82. The highest BCUT2D eigenvalue weighted by atomic mass is 16.2. The Bertz CT molecular complexity index is 645. The zero-order chi connectivity index (χ0) is 14.8. The molecule has 0 fully saturated rings. The molecule has 1 aromatic heterocycles. The Hall–Kier alpha value is -1.81. The Morgan fingerprint density at radius 1 is 1.24 bits per heavy atom. The molecule has 0 saturated carbocycles. The molecular weight excluding hydrogens is 262 g/mol. The van der Waals surface area contributed by atoms with Crippen molar-refractivity contribution in [1.29, 1.82) is 0 Å². The summed E-state index contributed by atoms with van der Waals surface area (Å²) in [6, 6.07) is 10.7. The highest BCUT2D eigenvalue weighted by Gasteiger charge is 2.21. The van der Waals surface area contributed by atoms with Gasteiger partial charge in [0, 0.05) is 30.7 Å². The number of fused-ring (bicyclic) bond motifs is 3. The van der Waals surface area contributed by atoms with Gasteiger partial charge in [0.2, 0.25) is 5.91 Å². The fourth-order valence-corrected chi connectivity index (χ4v) is 3.08. The molecule has 0 bridgehead atoms. The minimum absolute atomic E-state index is 0.286. The third kappa shape index (κ3) is 2.95. The number of carbonyl (C=O) groups is 1. The Labute approximate surface area is 125 Å². The maximum absolute atomic E-state index is 12.3. The quantitative estimate of drug-likeness (QED) is 0.862. The molecule has 1 aromatic carbocycles. The highest BCUT2D eigenvalue weighted by Crippen LogP contribution is 2.24. The van der Waals surface area contributed by atoms with E-state index in [9.17, 15) is 4.79 Å². The minimum Gasteiger partial charge on any atom is -0.341 e. The lowest BCUT2D eigenvalue weighted by Crippen LogP contribution is -2.38. The summed E-state index contributed by atoms with van der Waals surface area (Å²) in [6.07, 6.45) is 1.59. The average Bonchev–Trinajstić information content (AvgIpc) is 2.84. The number of benzene rings is 1. The zero-order valence-electron chi connectivity index (χ0n) is 12.9. The van der Waals surface area contributed by atoms with Crippen LogP contribution in [0.5, 0.6) is 0 Å². The average molecular weight is 285 g/mol. The van der Waals surface area contributed by atoms with Gasteiger partial charge in [0.25, 0.3) is 0 Å². The van der Waals surface area contributed by atoms with E-state index in [1.807, 2.05) is 19.0 Å². The molecule has 0 spiro atoms. The number of aromatic nitrogens is 1. The molecule has 4 nitrogen and oxygen atoms in total. The standard InChI is InChI=1S/C17H23N3O/c1-18(2)9-5-8-17(21)19-10-11-20-15(13-19)12-14-6-3-4-7-16(14)20/h3-4,6-7,12H,5,8-11,13H2,1-2H3. The van der Waals surface area contributed by atoms with Crippen molar-refractivity contribution in [2.45, 2.75) is 25.9 Å². The molecule has 1 aliphatic heterocycles.